The molecule has 1 aliphatic carbocycles. The van der Waals surface area contributed by atoms with Crippen LogP contribution in [0.2, 0.25) is 0 Å². The largest absolute Gasteiger partial charge is 0.391 e. The van der Waals surface area contributed by atoms with E-state index < -0.39 is 12.1 Å². The molecule has 0 aromatic heterocycles. The van der Waals surface area contributed by atoms with Gasteiger partial charge in [0.2, 0.25) is 5.91 Å². The zero-order valence-corrected chi connectivity index (χ0v) is 11.9. The van der Waals surface area contributed by atoms with Crippen molar-refractivity contribution in [1.82, 2.24) is 10.2 Å². The lowest BCUT2D eigenvalue weighted by Gasteiger charge is -2.32. The summed E-state index contributed by atoms with van der Waals surface area (Å²) in [6.07, 6.45) is -0.850. The number of carbonyl (C=O) groups excluding carboxylic acids is 1. The normalized spacial score (nSPS) is 31.6. The van der Waals surface area contributed by atoms with Crippen molar-refractivity contribution in [3.05, 3.63) is 0 Å². The molecule has 2 fully saturated rings. The summed E-state index contributed by atoms with van der Waals surface area (Å²) >= 11 is 0. The predicted molar refractivity (Wildman–Crippen MR) is 70.2 cm³/mol. The van der Waals surface area contributed by atoms with E-state index in [1.807, 2.05) is 11.8 Å². The highest BCUT2D eigenvalue weighted by atomic mass is 19.4. The number of rotatable bonds is 3. The fraction of sp³-hybridized carbons (Fsp3) is 0.929. The maximum Gasteiger partial charge on any atom is 0.391 e. The van der Waals surface area contributed by atoms with Gasteiger partial charge in [0, 0.05) is 31.6 Å². The molecule has 1 saturated heterocycles. The first-order chi connectivity index (χ1) is 9.40. The zero-order valence-electron chi connectivity index (χ0n) is 11.9. The van der Waals surface area contributed by atoms with Gasteiger partial charge in [-0.1, -0.05) is 13.3 Å². The quantitative estimate of drug-likeness (QED) is 0.867. The van der Waals surface area contributed by atoms with Gasteiger partial charge in [0.05, 0.1) is 5.92 Å². The molecule has 0 bridgehead atoms. The third-order valence-corrected chi connectivity index (χ3v) is 4.45. The topological polar surface area (TPSA) is 32.3 Å². The van der Waals surface area contributed by atoms with Crippen LogP contribution in [0.15, 0.2) is 0 Å². The molecular formula is C14H23F3N2O. The average Bonchev–Trinajstić information content (AvgIpc) is 2.85. The van der Waals surface area contributed by atoms with Gasteiger partial charge in [0.25, 0.3) is 0 Å². The number of likely N-dealkylation sites (tertiary alicyclic amines) is 1. The monoisotopic (exact) mass is 292 g/mol. The van der Waals surface area contributed by atoms with Crippen molar-refractivity contribution in [2.45, 2.75) is 63.7 Å². The SMILES string of the molecule is CCC(=O)N1CC[C@H](N[C@@H]2CCC[C@H](C(F)(F)F)C2)C1. The second kappa shape index (κ2) is 6.33. The van der Waals surface area contributed by atoms with Gasteiger partial charge in [-0.3, -0.25) is 4.79 Å². The Morgan fingerprint density at radius 2 is 2.00 bits per heavy atom. The fourth-order valence-electron chi connectivity index (χ4n) is 3.32. The Bertz CT molecular complexity index is 346. The first-order valence-electron chi connectivity index (χ1n) is 7.50. The number of alkyl halides is 3. The van der Waals surface area contributed by atoms with Crippen LogP contribution in [0.25, 0.3) is 0 Å². The van der Waals surface area contributed by atoms with Gasteiger partial charge in [-0.2, -0.15) is 13.2 Å². The second-order valence-electron chi connectivity index (χ2n) is 5.95. The number of nitrogens with one attached hydrogen (secondary N) is 1. The van der Waals surface area contributed by atoms with Gasteiger partial charge in [-0.15, -0.1) is 0 Å². The highest BCUT2D eigenvalue weighted by Gasteiger charge is 2.42. The molecule has 3 nitrogen and oxygen atoms in total. The summed E-state index contributed by atoms with van der Waals surface area (Å²) < 4.78 is 38.3. The van der Waals surface area contributed by atoms with Crippen LogP contribution in [0.1, 0.15) is 45.4 Å². The minimum atomic E-state index is -4.07. The minimum absolute atomic E-state index is 0.0583. The Kier molecular flexibility index (Phi) is 4.94. The van der Waals surface area contributed by atoms with Crippen molar-refractivity contribution in [3.8, 4) is 0 Å². The summed E-state index contributed by atoms with van der Waals surface area (Å²) in [6.45, 7) is 3.19. The molecule has 3 atom stereocenters. The van der Waals surface area contributed by atoms with Crippen molar-refractivity contribution in [2.75, 3.05) is 13.1 Å². The van der Waals surface area contributed by atoms with E-state index in [0.717, 1.165) is 19.4 Å². The molecule has 20 heavy (non-hydrogen) atoms. The van der Waals surface area contributed by atoms with Gasteiger partial charge in [-0.25, -0.2) is 0 Å². The number of amides is 1. The molecular weight excluding hydrogens is 269 g/mol. The van der Waals surface area contributed by atoms with E-state index >= 15 is 0 Å². The molecule has 2 aliphatic rings. The van der Waals surface area contributed by atoms with Gasteiger partial charge < -0.3 is 10.2 Å². The Labute approximate surface area is 117 Å². The molecule has 1 saturated carbocycles. The molecule has 1 aliphatic heterocycles. The molecule has 0 unspecified atom stereocenters. The molecule has 1 heterocycles. The van der Waals surface area contributed by atoms with E-state index in [1.165, 1.54) is 0 Å². The van der Waals surface area contributed by atoms with Gasteiger partial charge in [0.15, 0.2) is 0 Å². The maximum absolute atomic E-state index is 12.8. The lowest BCUT2D eigenvalue weighted by atomic mass is 9.85. The fourth-order valence-corrected chi connectivity index (χ4v) is 3.32. The molecule has 0 radical (unpaired) electrons. The smallest absolute Gasteiger partial charge is 0.341 e. The zero-order chi connectivity index (χ0) is 14.8. The predicted octanol–water partition coefficient (Wildman–Crippen LogP) is 2.71. The molecule has 1 N–H and O–H groups in total. The van der Waals surface area contributed by atoms with Gasteiger partial charge in [0.1, 0.15) is 0 Å². The van der Waals surface area contributed by atoms with Crippen LogP contribution in [-0.4, -0.2) is 42.2 Å². The van der Waals surface area contributed by atoms with Crippen molar-refractivity contribution in [2.24, 2.45) is 5.92 Å². The van der Waals surface area contributed by atoms with Crippen LogP contribution < -0.4 is 5.32 Å². The van der Waals surface area contributed by atoms with Gasteiger partial charge >= 0.3 is 6.18 Å². The molecule has 2 rings (SSSR count). The highest BCUT2D eigenvalue weighted by Crippen LogP contribution is 2.37. The van der Waals surface area contributed by atoms with Crippen LogP contribution in [0.4, 0.5) is 13.2 Å². The lowest BCUT2D eigenvalue weighted by Crippen LogP contribution is -2.45. The Balaban J connectivity index is 1.81. The summed E-state index contributed by atoms with van der Waals surface area (Å²) in [5.41, 5.74) is 0. The van der Waals surface area contributed by atoms with Crippen LogP contribution in [-0.2, 0) is 4.79 Å². The second-order valence-corrected chi connectivity index (χ2v) is 5.95. The van der Waals surface area contributed by atoms with Gasteiger partial charge in [-0.05, 0) is 25.7 Å². The third kappa shape index (κ3) is 3.87. The molecule has 0 spiro atoms. The Morgan fingerprint density at radius 1 is 1.25 bits per heavy atom. The summed E-state index contributed by atoms with van der Waals surface area (Å²) in [5.74, 6) is -1.03. The van der Waals surface area contributed by atoms with Crippen LogP contribution in [0.5, 0.6) is 0 Å². The van der Waals surface area contributed by atoms with Crippen molar-refractivity contribution in [1.29, 1.82) is 0 Å². The third-order valence-electron chi connectivity index (χ3n) is 4.45. The standard InChI is InChI=1S/C14H23F3N2O/c1-2-13(20)19-7-6-12(9-19)18-11-5-3-4-10(8-11)14(15,16)17/h10-12,18H,2-9H2,1H3/t10-,11+,12-/m0/s1. The summed E-state index contributed by atoms with van der Waals surface area (Å²) in [4.78, 5) is 13.4. The Morgan fingerprint density at radius 3 is 2.65 bits per heavy atom. The number of nitrogens with zero attached hydrogens (tertiary/aromatic N) is 1. The first-order valence-corrected chi connectivity index (χ1v) is 7.50. The average molecular weight is 292 g/mol. The van der Waals surface area contributed by atoms with E-state index in [4.69, 9.17) is 0 Å². The van der Waals surface area contributed by atoms with E-state index in [-0.39, 0.29) is 30.8 Å². The number of hydrogen-bond acceptors (Lipinski definition) is 2. The summed E-state index contributed by atoms with van der Waals surface area (Å²) in [6, 6.07) is 0.0968. The van der Waals surface area contributed by atoms with E-state index in [0.29, 0.717) is 19.4 Å². The van der Waals surface area contributed by atoms with Crippen LogP contribution in [0, 0.1) is 5.92 Å². The van der Waals surface area contributed by atoms with Crippen molar-refractivity contribution >= 4 is 5.91 Å². The summed E-state index contributed by atoms with van der Waals surface area (Å²) in [7, 11) is 0. The van der Waals surface area contributed by atoms with E-state index in [9.17, 15) is 18.0 Å². The van der Waals surface area contributed by atoms with Crippen molar-refractivity contribution < 1.29 is 18.0 Å². The molecule has 116 valence electrons. The number of halogens is 3. The molecule has 6 heteroatoms. The highest BCUT2D eigenvalue weighted by molar-refractivity contribution is 5.76. The van der Waals surface area contributed by atoms with Crippen molar-refractivity contribution in [3.63, 3.8) is 0 Å². The number of carbonyl (C=O) groups is 1. The first kappa shape index (κ1) is 15.6. The van der Waals surface area contributed by atoms with E-state index in [1.54, 1.807) is 0 Å². The van der Waals surface area contributed by atoms with Crippen LogP contribution >= 0.6 is 0 Å². The Hall–Kier alpha value is -0.780. The molecule has 0 aromatic carbocycles. The van der Waals surface area contributed by atoms with Crippen LogP contribution in [0.3, 0.4) is 0 Å². The summed E-state index contributed by atoms with van der Waals surface area (Å²) in [5, 5.41) is 3.33. The number of hydrogen-bond donors (Lipinski definition) is 1. The van der Waals surface area contributed by atoms with E-state index in [2.05, 4.69) is 5.32 Å². The minimum Gasteiger partial charge on any atom is -0.341 e. The lowest BCUT2D eigenvalue weighted by molar-refractivity contribution is -0.183. The molecule has 0 aromatic rings. The maximum atomic E-state index is 12.8. The molecule has 1 amide bonds.